The van der Waals surface area contributed by atoms with Gasteiger partial charge in [0, 0.05) is 61.6 Å². The van der Waals surface area contributed by atoms with Gasteiger partial charge >= 0.3 is 0 Å². The Morgan fingerprint density at radius 3 is 2.06 bits per heavy atom. The van der Waals surface area contributed by atoms with E-state index in [0.29, 0.717) is 44.6 Å². The van der Waals surface area contributed by atoms with E-state index >= 15 is 0 Å². The molecule has 2 aliphatic rings. The number of amides is 3. The first-order valence-corrected chi connectivity index (χ1v) is 12.3. The Hall–Kier alpha value is -1.89. The Labute approximate surface area is 194 Å². The highest BCUT2D eigenvalue weighted by Crippen LogP contribution is 2.25. The highest BCUT2D eigenvalue weighted by molar-refractivity contribution is 9.10. The number of benzene rings is 1. The quantitative estimate of drug-likeness (QED) is 0.607. The van der Waals surface area contributed by atoms with Crippen LogP contribution in [-0.4, -0.2) is 72.2 Å². The highest BCUT2D eigenvalue weighted by Gasteiger charge is 2.34. The van der Waals surface area contributed by atoms with Crippen LogP contribution in [0.4, 0.5) is 0 Å². The molecule has 170 valence electrons. The summed E-state index contributed by atoms with van der Waals surface area (Å²) < 4.78 is 0.950. The summed E-state index contributed by atoms with van der Waals surface area (Å²) in [4.78, 5) is 43.9. The molecule has 3 amide bonds. The molecule has 31 heavy (non-hydrogen) atoms. The molecule has 0 saturated carbocycles. The van der Waals surface area contributed by atoms with Gasteiger partial charge in [0.05, 0.1) is 0 Å². The third kappa shape index (κ3) is 6.09. The average Bonchev–Trinajstić information content (AvgIpc) is 2.82. The number of hydrogen-bond donors (Lipinski definition) is 0. The lowest BCUT2D eigenvalue weighted by Crippen LogP contribution is -2.48. The summed E-state index contributed by atoms with van der Waals surface area (Å²) in [5, 5.41) is 0. The minimum Gasteiger partial charge on any atom is -0.346 e. The molecule has 0 spiro atoms. The third-order valence-corrected chi connectivity index (χ3v) is 7.13. The molecule has 2 fully saturated rings. The van der Waals surface area contributed by atoms with Gasteiger partial charge in [-0.25, -0.2) is 0 Å². The lowest BCUT2D eigenvalue weighted by molar-refractivity contribution is -0.142. The number of nitrogens with zero attached hydrogens (tertiary/aromatic N) is 3. The van der Waals surface area contributed by atoms with Crippen molar-refractivity contribution in [2.45, 2.75) is 45.4 Å². The highest BCUT2D eigenvalue weighted by atomic mass is 79.9. The van der Waals surface area contributed by atoms with Gasteiger partial charge in [0.1, 0.15) is 0 Å². The number of halogens is 1. The fourth-order valence-electron chi connectivity index (χ4n) is 4.53. The second kappa shape index (κ2) is 11.1. The number of carbonyl (C=O) groups is 3. The molecule has 0 aliphatic carbocycles. The Morgan fingerprint density at radius 1 is 0.935 bits per heavy atom. The normalized spacial score (nSPS) is 18.2. The maximum atomic E-state index is 13.0. The van der Waals surface area contributed by atoms with Crippen molar-refractivity contribution in [2.75, 3.05) is 39.8 Å². The largest absolute Gasteiger partial charge is 0.346 e. The summed E-state index contributed by atoms with van der Waals surface area (Å²) >= 11 is 3.39. The monoisotopic (exact) mass is 491 g/mol. The molecule has 2 saturated heterocycles. The van der Waals surface area contributed by atoms with Crippen LogP contribution in [0.2, 0.25) is 0 Å². The van der Waals surface area contributed by atoms with Crippen molar-refractivity contribution < 1.29 is 14.4 Å². The molecule has 1 aromatic carbocycles. The topological polar surface area (TPSA) is 60.9 Å². The van der Waals surface area contributed by atoms with Crippen LogP contribution in [-0.2, 0) is 9.59 Å². The Bertz CT molecular complexity index is 767. The van der Waals surface area contributed by atoms with Crippen molar-refractivity contribution in [3.8, 4) is 0 Å². The van der Waals surface area contributed by atoms with Gasteiger partial charge in [-0.3, -0.25) is 14.4 Å². The van der Waals surface area contributed by atoms with E-state index in [2.05, 4.69) is 22.9 Å². The molecule has 0 unspecified atom stereocenters. The maximum Gasteiger partial charge on any atom is 0.253 e. The predicted molar refractivity (Wildman–Crippen MR) is 125 cm³/mol. The lowest BCUT2D eigenvalue weighted by atomic mass is 9.91. The molecular weight excluding hydrogens is 458 g/mol. The summed E-state index contributed by atoms with van der Waals surface area (Å²) in [5.74, 6) is 0.468. The molecule has 0 N–H and O–H groups in total. The average molecular weight is 492 g/mol. The van der Waals surface area contributed by atoms with Crippen LogP contribution in [0.15, 0.2) is 28.7 Å². The van der Waals surface area contributed by atoms with Gasteiger partial charge in [0.15, 0.2) is 0 Å². The molecule has 0 aromatic heterocycles. The minimum atomic E-state index is -0.0200. The zero-order valence-electron chi connectivity index (χ0n) is 18.7. The van der Waals surface area contributed by atoms with E-state index < -0.39 is 0 Å². The number of rotatable bonds is 6. The second-order valence-electron chi connectivity index (χ2n) is 8.79. The molecule has 0 atom stereocenters. The molecule has 0 radical (unpaired) electrons. The molecule has 3 rings (SSSR count). The SMILES string of the molecule is CCCCN(C)C(=O)C1CCN(C(=O)C2CCN(C(=O)c3ccc(Br)cc3)CC2)CC1. The second-order valence-corrected chi connectivity index (χ2v) is 9.70. The van der Waals surface area contributed by atoms with Crippen LogP contribution < -0.4 is 0 Å². The fraction of sp³-hybridized carbons (Fsp3) is 0.625. The Kier molecular flexibility index (Phi) is 8.52. The maximum absolute atomic E-state index is 13.0. The fourth-order valence-corrected chi connectivity index (χ4v) is 4.79. The molecule has 0 bridgehead atoms. The Balaban J connectivity index is 1.44. The van der Waals surface area contributed by atoms with E-state index in [0.717, 1.165) is 36.7 Å². The van der Waals surface area contributed by atoms with Gasteiger partial charge in [-0.05, 0) is 56.4 Å². The standard InChI is InChI=1S/C24H34BrN3O3/c1-3-4-13-26(2)22(29)19-9-14-28(15-10-19)24(31)20-11-16-27(17-12-20)23(30)18-5-7-21(25)8-6-18/h5-8,19-20H,3-4,9-17H2,1-2H3. The summed E-state index contributed by atoms with van der Waals surface area (Å²) in [5.41, 5.74) is 0.684. The van der Waals surface area contributed by atoms with Crippen molar-refractivity contribution in [3.05, 3.63) is 34.3 Å². The molecule has 6 nitrogen and oxygen atoms in total. The van der Waals surface area contributed by atoms with Gasteiger partial charge in [0.2, 0.25) is 11.8 Å². The molecular formula is C24H34BrN3O3. The van der Waals surface area contributed by atoms with Crippen molar-refractivity contribution in [1.82, 2.24) is 14.7 Å². The molecule has 7 heteroatoms. The van der Waals surface area contributed by atoms with Crippen LogP contribution in [0.25, 0.3) is 0 Å². The first-order chi connectivity index (χ1) is 14.9. The lowest BCUT2D eigenvalue weighted by Gasteiger charge is -2.37. The van der Waals surface area contributed by atoms with Crippen LogP contribution in [0.1, 0.15) is 55.8 Å². The van der Waals surface area contributed by atoms with Gasteiger partial charge < -0.3 is 14.7 Å². The molecule has 1 aromatic rings. The summed E-state index contributed by atoms with van der Waals surface area (Å²) in [6, 6.07) is 7.41. The number of likely N-dealkylation sites (tertiary alicyclic amines) is 2. The van der Waals surface area contributed by atoms with E-state index in [1.165, 1.54) is 0 Å². The van der Waals surface area contributed by atoms with E-state index in [1.807, 2.05) is 46.0 Å². The van der Waals surface area contributed by atoms with Crippen molar-refractivity contribution in [2.24, 2.45) is 11.8 Å². The number of hydrogen-bond acceptors (Lipinski definition) is 3. The summed E-state index contributed by atoms with van der Waals surface area (Å²) in [7, 11) is 1.89. The third-order valence-electron chi connectivity index (χ3n) is 6.60. The predicted octanol–water partition coefficient (Wildman–Crippen LogP) is 3.80. The molecule has 2 aliphatic heterocycles. The van der Waals surface area contributed by atoms with Gasteiger partial charge in [-0.1, -0.05) is 29.3 Å². The van der Waals surface area contributed by atoms with E-state index in [4.69, 9.17) is 0 Å². The number of carbonyl (C=O) groups excluding carboxylic acids is 3. The first-order valence-electron chi connectivity index (χ1n) is 11.5. The summed E-state index contributed by atoms with van der Waals surface area (Å²) in [6.45, 7) is 5.49. The van der Waals surface area contributed by atoms with Crippen molar-refractivity contribution in [1.29, 1.82) is 0 Å². The van der Waals surface area contributed by atoms with E-state index in [1.54, 1.807) is 0 Å². The Morgan fingerprint density at radius 2 is 1.48 bits per heavy atom. The number of unbranched alkanes of at least 4 members (excludes halogenated alkanes) is 1. The van der Waals surface area contributed by atoms with Crippen LogP contribution in [0.3, 0.4) is 0 Å². The van der Waals surface area contributed by atoms with Crippen molar-refractivity contribution in [3.63, 3.8) is 0 Å². The smallest absolute Gasteiger partial charge is 0.253 e. The van der Waals surface area contributed by atoms with Crippen LogP contribution >= 0.6 is 15.9 Å². The first kappa shape index (κ1) is 23.8. The van der Waals surface area contributed by atoms with E-state index in [-0.39, 0.29) is 29.6 Å². The number of piperidine rings is 2. The summed E-state index contributed by atoms with van der Waals surface area (Å²) in [6.07, 6.45) is 5.03. The minimum absolute atomic E-state index is 0.0200. The van der Waals surface area contributed by atoms with Crippen LogP contribution in [0, 0.1) is 11.8 Å². The van der Waals surface area contributed by atoms with Gasteiger partial charge in [-0.15, -0.1) is 0 Å². The van der Waals surface area contributed by atoms with Crippen LogP contribution in [0.5, 0.6) is 0 Å². The van der Waals surface area contributed by atoms with E-state index in [9.17, 15) is 14.4 Å². The zero-order chi connectivity index (χ0) is 22.4. The molecule has 2 heterocycles. The van der Waals surface area contributed by atoms with Gasteiger partial charge in [0.25, 0.3) is 5.91 Å². The zero-order valence-corrected chi connectivity index (χ0v) is 20.3. The van der Waals surface area contributed by atoms with Gasteiger partial charge in [-0.2, -0.15) is 0 Å². The van der Waals surface area contributed by atoms with Crippen molar-refractivity contribution >= 4 is 33.7 Å².